The highest BCUT2D eigenvalue weighted by Gasteiger charge is 2.61. The van der Waals surface area contributed by atoms with Crippen LogP contribution in [0.15, 0.2) is 11.6 Å². The van der Waals surface area contributed by atoms with Crippen LogP contribution in [0.5, 0.6) is 0 Å². The Bertz CT molecular complexity index is 637. The Labute approximate surface area is 168 Å². The molecular weight excluding hydrogens is 326 g/mol. The maximum atomic E-state index is 7.10. The third kappa shape index (κ3) is 2.89. The van der Waals surface area contributed by atoms with Crippen LogP contribution in [0.3, 0.4) is 0 Å². The lowest BCUT2D eigenvalue weighted by atomic mass is 9.40. The van der Waals surface area contributed by atoms with Gasteiger partial charge in [-0.3, -0.25) is 0 Å². The summed E-state index contributed by atoms with van der Waals surface area (Å²) in [6, 6.07) is 0. The van der Waals surface area contributed by atoms with Crippen molar-refractivity contribution in [1.29, 1.82) is 0 Å². The molecule has 0 heterocycles. The van der Waals surface area contributed by atoms with Crippen molar-refractivity contribution in [3.8, 4) is 0 Å². The number of fused-ring (bicyclic) bond motifs is 5. The van der Waals surface area contributed by atoms with Gasteiger partial charge in [-0.05, 0) is 97.2 Å². The van der Waals surface area contributed by atoms with Gasteiger partial charge in [0.1, 0.15) is 0 Å². The predicted molar refractivity (Wildman–Crippen MR) is 116 cm³/mol. The van der Waals surface area contributed by atoms with Crippen molar-refractivity contribution in [2.24, 2.45) is 45.1 Å². The van der Waals surface area contributed by atoms with Crippen LogP contribution >= 0.6 is 0 Å². The van der Waals surface area contributed by atoms with E-state index in [0.717, 1.165) is 11.8 Å². The lowest BCUT2D eigenvalue weighted by Crippen LogP contribution is -2.62. The largest absolute Gasteiger partial charge is 0.325 e. The molecule has 0 aromatic rings. The first kappa shape index (κ1) is 20.0. The van der Waals surface area contributed by atoms with Gasteiger partial charge in [-0.15, -0.1) is 0 Å². The Morgan fingerprint density at radius 1 is 0.963 bits per heavy atom. The van der Waals surface area contributed by atoms with E-state index in [1.54, 1.807) is 5.57 Å². The zero-order valence-electron chi connectivity index (χ0n) is 19.3. The van der Waals surface area contributed by atoms with Crippen LogP contribution in [0.2, 0.25) is 0 Å². The van der Waals surface area contributed by atoms with Crippen molar-refractivity contribution >= 4 is 0 Å². The van der Waals surface area contributed by atoms with E-state index in [4.69, 9.17) is 5.73 Å². The molecule has 3 fully saturated rings. The van der Waals surface area contributed by atoms with E-state index in [9.17, 15) is 0 Å². The summed E-state index contributed by atoms with van der Waals surface area (Å²) in [6.07, 6.45) is 14.7. The minimum Gasteiger partial charge on any atom is -0.325 e. The lowest BCUT2D eigenvalue weighted by Gasteiger charge is -2.66. The highest BCUT2D eigenvalue weighted by atomic mass is 14.8. The van der Waals surface area contributed by atoms with Gasteiger partial charge in [-0.2, -0.15) is 0 Å². The Kier molecular flexibility index (Phi) is 4.34. The minimum atomic E-state index is 0.0761. The standard InChI is InChI=1S/C26H45N/c1-22(2,3)18-10-11-24(6)19(16-18)8-9-20-21-17-23(4,5)12-14-26(21,27)15-13-25(20,24)7/h9,18-19,21H,8,10-17,27H2,1-7H3/t18-,19-,21+,24-,25-,26+/m1/s1. The van der Waals surface area contributed by atoms with Crippen molar-refractivity contribution in [2.45, 2.75) is 112 Å². The molecule has 4 aliphatic carbocycles. The van der Waals surface area contributed by atoms with Crippen molar-refractivity contribution in [3.05, 3.63) is 11.6 Å². The first-order valence-electron chi connectivity index (χ1n) is 11.8. The Balaban J connectivity index is 1.70. The molecule has 0 radical (unpaired) electrons. The predicted octanol–water partition coefficient (Wildman–Crippen LogP) is 7.11. The fraction of sp³-hybridized carbons (Fsp3) is 0.923. The molecule has 4 rings (SSSR count). The molecular formula is C26H45N. The van der Waals surface area contributed by atoms with Gasteiger partial charge in [0.25, 0.3) is 0 Å². The molecule has 2 N–H and O–H groups in total. The zero-order chi connectivity index (χ0) is 19.9. The summed E-state index contributed by atoms with van der Waals surface area (Å²) < 4.78 is 0. The third-order valence-corrected chi connectivity index (χ3v) is 10.4. The van der Waals surface area contributed by atoms with Gasteiger partial charge in [-0.1, -0.05) is 60.1 Å². The van der Waals surface area contributed by atoms with Gasteiger partial charge in [0, 0.05) is 5.54 Å². The maximum Gasteiger partial charge on any atom is 0.0221 e. The fourth-order valence-corrected chi connectivity index (χ4v) is 7.85. The topological polar surface area (TPSA) is 26.0 Å². The van der Waals surface area contributed by atoms with Crippen LogP contribution in [-0.4, -0.2) is 5.54 Å². The second-order valence-electron chi connectivity index (χ2n) is 13.3. The van der Waals surface area contributed by atoms with Gasteiger partial charge < -0.3 is 5.73 Å². The van der Waals surface area contributed by atoms with Crippen LogP contribution < -0.4 is 5.73 Å². The molecule has 0 aliphatic heterocycles. The average molecular weight is 372 g/mol. The lowest BCUT2D eigenvalue weighted by molar-refractivity contribution is -0.0848. The Hall–Kier alpha value is -0.300. The third-order valence-electron chi connectivity index (χ3n) is 10.4. The maximum absolute atomic E-state index is 7.10. The van der Waals surface area contributed by atoms with E-state index in [1.165, 1.54) is 57.8 Å². The summed E-state index contributed by atoms with van der Waals surface area (Å²) in [4.78, 5) is 0. The van der Waals surface area contributed by atoms with E-state index in [2.05, 4.69) is 54.5 Å². The molecule has 4 aliphatic rings. The number of nitrogens with two attached hydrogens (primary N) is 1. The molecule has 3 saturated carbocycles. The summed E-state index contributed by atoms with van der Waals surface area (Å²) in [7, 11) is 0. The van der Waals surface area contributed by atoms with E-state index in [1.807, 2.05) is 0 Å². The minimum absolute atomic E-state index is 0.0761. The monoisotopic (exact) mass is 371 g/mol. The molecule has 0 bridgehead atoms. The molecule has 27 heavy (non-hydrogen) atoms. The molecule has 6 atom stereocenters. The van der Waals surface area contributed by atoms with E-state index >= 15 is 0 Å². The molecule has 1 nitrogen and oxygen atoms in total. The Morgan fingerprint density at radius 2 is 1.63 bits per heavy atom. The van der Waals surface area contributed by atoms with Crippen molar-refractivity contribution in [2.75, 3.05) is 0 Å². The molecule has 0 aromatic heterocycles. The second kappa shape index (κ2) is 5.87. The fourth-order valence-electron chi connectivity index (χ4n) is 7.85. The number of rotatable bonds is 0. The van der Waals surface area contributed by atoms with E-state index in [-0.39, 0.29) is 5.54 Å². The van der Waals surface area contributed by atoms with Crippen molar-refractivity contribution in [3.63, 3.8) is 0 Å². The summed E-state index contributed by atoms with van der Waals surface area (Å²) in [5.74, 6) is 2.38. The first-order chi connectivity index (χ1) is 12.3. The summed E-state index contributed by atoms with van der Waals surface area (Å²) >= 11 is 0. The molecule has 1 heteroatoms. The number of allylic oxidation sites excluding steroid dienone is 1. The van der Waals surface area contributed by atoms with E-state index < -0.39 is 0 Å². The SMILES string of the molecule is CC1(C)CC[C@]2(N)CC[C@]3(C)C(=CC[C@@H]4C[C@H](C(C)(C)C)CC[C@]43C)[C@@H]2C1. The molecule has 0 aromatic carbocycles. The van der Waals surface area contributed by atoms with Gasteiger partial charge in [0.15, 0.2) is 0 Å². The van der Waals surface area contributed by atoms with Gasteiger partial charge in [0.2, 0.25) is 0 Å². The highest BCUT2D eigenvalue weighted by molar-refractivity contribution is 5.33. The summed E-state index contributed by atoms with van der Waals surface area (Å²) in [5, 5.41) is 0. The van der Waals surface area contributed by atoms with E-state index in [0.29, 0.717) is 27.6 Å². The first-order valence-corrected chi connectivity index (χ1v) is 11.8. The van der Waals surface area contributed by atoms with Gasteiger partial charge >= 0.3 is 0 Å². The van der Waals surface area contributed by atoms with Crippen LogP contribution in [-0.2, 0) is 0 Å². The average Bonchev–Trinajstić information content (AvgIpc) is 2.55. The van der Waals surface area contributed by atoms with Crippen LogP contribution in [0.4, 0.5) is 0 Å². The molecule has 154 valence electrons. The van der Waals surface area contributed by atoms with Crippen molar-refractivity contribution in [1.82, 2.24) is 0 Å². The second-order valence-corrected chi connectivity index (χ2v) is 13.3. The van der Waals surface area contributed by atoms with Crippen molar-refractivity contribution < 1.29 is 0 Å². The Morgan fingerprint density at radius 3 is 2.30 bits per heavy atom. The highest BCUT2D eigenvalue weighted by Crippen LogP contribution is 2.69. The molecule has 0 saturated heterocycles. The number of hydrogen-bond donors (Lipinski definition) is 1. The smallest absolute Gasteiger partial charge is 0.0221 e. The number of hydrogen-bond acceptors (Lipinski definition) is 1. The molecule has 0 spiro atoms. The normalized spacial score (nSPS) is 49.5. The molecule has 0 unspecified atom stereocenters. The van der Waals surface area contributed by atoms with Crippen LogP contribution in [0.25, 0.3) is 0 Å². The molecule has 0 amide bonds. The quantitative estimate of drug-likeness (QED) is 0.451. The van der Waals surface area contributed by atoms with Gasteiger partial charge in [-0.25, -0.2) is 0 Å². The van der Waals surface area contributed by atoms with Crippen LogP contribution in [0, 0.1) is 39.4 Å². The van der Waals surface area contributed by atoms with Crippen LogP contribution in [0.1, 0.15) is 106 Å². The summed E-state index contributed by atoms with van der Waals surface area (Å²) in [6.45, 7) is 17.6. The zero-order valence-corrected chi connectivity index (χ0v) is 19.3. The van der Waals surface area contributed by atoms with Gasteiger partial charge in [0.05, 0.1) is 0 Å². The summed E-state index contributed by atoms with van der Waals surface area (Å²) in [5.41, 5.74) is 10.7.